The highest BCUT2D eigenvalue weighted by Gasteiger charge is 2.23. The van der Waals surface area contributed by atoms with Crippen LogP contribution in [0.4, 0.5) is 5.82 Å². The van der Waals surface area contributed by atoms with E-state index in [1.54, 1.807) is 0 Å². The quantitative estimate of drug-likeness (QED) is 0.740. The van der Waals surface area contributed by atoms with E-state index in [2.05, 4.69) is 61.7 Å². The average Bonchev–Trinajstić information content (AvgIpc) is 3.06. The van der Waals surface area contributed by atoms with Crippen LogP contribution in [-0.2, 0) is 6.54 Å². The van der Waals surface area contributed by atoms with Crippen molar-refractivity contribution >= 4 is 11.5 Å². The van der Waals surface area contributed by atoms with Crippen LogP contribution >= 0.6 is 0 Å². The van der Waals surface area contributed by atoms with Crippen molar-refractivity contribution in [3.05, 3.63) is 60.7 Å². The minimum atomic E-state index is 0.610. The van der Waals surface area contributed by atoms with Gasteiger partial charge in [0.25, 0.3) is 0 Å². The molecule has 5 heteroatoms. The number of fused-ring (bicyclic) bond motifs is 1. The predicted octanol–water partition coefficient (Wildman–Crippen LogP) is 2.83. The molecule has 3 aromatic heterocycles. The van der Waals surface area contributed by atoms with Gasteiger partial charge in [0.2, 0.25) is 0 Å². The van der Waals surface area contributed by atoms with E-state index < -0.39 is 0 Å². The smallest absolute Gasteiger partial charge is 0.136 e. The van der Waals surface area contributed by atoms with Gasteiger partial charge < -0.3 is 9.30 Å². The van der Waals surface area contributed by atoms with Crippen LogP contribution in [0.2, 0.25) is 0 Å². The fourth-order valence-electron chi connectivity index (χ4n) is 3.56. The Balaban J connectivity index is 1.39. The summed E-state index contributed by atoms with van der Waals surface area (Å²) in [6.07, 6.45) is 8.30. The van der Waals surface area contributed by atoms with E-state index >= 15 is 0 Å². The molecule has 5 nitrogen and oxygen atoms in total. The monoisotopic (exact) mass is 321 g/mol. The van der Waals surface area contributed by atoms with Gasteiger partial charge in [0.05, 0.1) is 11.9 Å². The molecule has 0 unspecified atom stereocenters. The molecule has 1 aliphatic heterocycles. The van der Waals surface area contributed by atoms with Gasteiger partial charge in [0, 0.05) is 38.1 Å². The maximum absolute atomic E-state index is 4.49. The Morgan fingerprint density at radius 1 is 1.08 bits per heavy atom. The molecule has 4 heterocycles. The molecule has 1 fully saturated rings. The van der Waals surface area contributed by atoms with Crippen LogP contribution in [0.25, 0.3) is 5.65 Å². The molecular weight excluding hydrogens is 298 g/mol. The highest BCUT2D eigenvalue weighted by Crippen LogP contribution is 2.21. The molecule has 0 aromatic carbocycles. The van der Waals surface area contributed by atoms with Crippen LogP contribution in [0, 0.1) is 0 Å². The number of pyridine rings is 2. The van der Waals surface area contributed by atoms with Crippen LogP contribution in [0.5, 0.6) is 0 Å². The summed E-state index contributed by atoms with van der Waals surface area (Å²) in [5.41, 5.74) is 2.27. The van der Waals surface area contributed by atoms with E-state index in [0.717, 1.165) is 31.1 Å². The lowest BCUT2D eigenvalue weighted by atomic mass is 10.0. The summed E-state index contributed by atoms with van der Waals surface area (Å²) in [6.45, 7) is 3.07. The maximum Gasteiger partial charge on any atom is 0.136 e. The van der Waals surface area contributed by atoms with Gasteiger partial charge >= 0.3 is 0 Å². The lowest BCUT2D eigenvalue weighted by molar-refractivity contribution is 0.197. The number of anilines is 1. The molecule has 0 bridgehead atoms. The molecule has 0 atom stereocenters. The lowest BCUT2D eigenvalue weighted by Crippen LogP contribution is -2.43. The Labute approximate surface area is 142 Å². The fraction of sp³-hybridized carbons (Fsp3) is 0.368. The zero-order chi connectivity index (χ0) is 16.4. The SMILES string of the molecule is CN(Cc1cnc2ccccn12)C1CCN(c2ccccn2)CC1. The molecular formula is C19H23N5. The lowest BCUT2D eigenvalue weighted by Gasteiger charge is -2.37. The molecule has 0 saturated carbocycles. The van der Waals surface area contributed by atoms with E-state index in [1.165, 1.54) is 18.5 Å². The fourth-order valence-corrected chi connectivity index (χ4v) is 3.56. The number of hydrogen-bond donors (Lipinski definition) is 0. The second-order valence-corrected chi connectivity index (χ2v) is 6.50. The maximum atomic E-state index is 4.49. The Bertz CT molecular complexity index is 790. The van der Waals surface area contributed by atoms with Gasteiger partial charge in [0.15, 0.2) is 0 Å². The summed E-state index contributed by atoms with van der Waals surface area (Å²) in [5.74, 6) is 1.10. The highest BCUT2D eigenvalue weighted by molar-refractivity contribution is 5.40. The molecule has 0 N–H and O–H groups in total. The summed E-state index contributed by atoms with van der Waals surface area (Å²) in [6, 6.07) is 12.9. The third-order valence-electron chi connectivity index (χ3n) is 4.97. The van der Waals surface area contributed by atoms with Crippen LogP contribution in [0.3, 0.4) is 0 Å². The summed E-state index contributed by atoms with van der Waals surface area (Å²) in [4.78, 5) is 13.8. The first kappa shape index (κ1) is 15.1. The molecule has 0 aliphatic carbocycles. The predicted molar refractivity (Wildman–Crippen MR) is 96.1 cm³/mol. The van der Waals surface area contributed by atoms with Crippen molar-refractivity contribution in [1.29, 1.82) is 0 Å². The Hall–Kier alpha value is -2.40. The van der Waals surface area contributed by atoms with Gasteiger partial charge in [-0.05, 0) is 44.2 Å². The van der Waals surface area contributed by atoms with Gasteiger partial charge in [-0.1, -0.05) is 12.1 Å². The number of aromatic nitrogens is 3. The first-order chi connectivity index (χ1) is 11.8. The van der Waals surface area contributed by atoms with Crippen LogP contribution < -0.4 is 4.90 Å². The Morgan fingerprint density at radius 3 is 2.71 bits per heavy atom. The zero-order valence-corrected chi connectivity index (χ0v) is 14.0. The number of rotatable bonds is 4. The summed E-state index contributed by atoms with van der Waals surface area (Å²) >= 11 is 0. The van der Waals surface area contributed by atoms with Crippen molar-refractivity contribution in [1.82, 2.24) is 19.3 Å². The minimum absolute atomic E-state index is 0.610. The van der Waals surface area contributed by atoms with E-state index in [0.29, 0.717) is 6.04 Å². The first-order valence-corrected chi connectivity index (χ1v) is 8.58. The van der Waals surface area contributed by atoms with E-state index in [4.69, 9.17) is 0 Å². The third kappa shape index (κ3) is 2.99. The number of imidazole rings is 1. The van der Waals surface area contributed by atoms with Crippen molar-refractivity contribution < 1.29 is 0 Å². The molecule has 1 saturated heterocycles. The van der Waals surface area contributed by atoms with Crippen molar-refractivity contribution in [3.63, 3.8) is 0 Å². The van der Waals surface area contributed by atoms with Gasteiger partial charge in [-0.15, -0.1) is 0 Å². The molecule has 0 spiro atoms. The van der Waals surface area contributed by atoms with Crippen molar-refractivity contribution in [2.45, 2.75) is 25.4 Å². The van der Waals surface area contributed by atoms with Crippen LogP contribution in [0.15, 0.2) is 55.0 Å². The molecule has 24 heavy (non-hydrogen) atoms. The van der Waals surface area contributed by atoms with Crippen molar-refractivity contribution in [3.8, 4) is 0 Å². The minimum Gasteiger partial charge on any atom is -0.357 e. The van der Waals surface area contributed by atoms with Gasteiger partial charge in [0.1, 0.15) is 11.5 Å². The van der Waals surface area contributed by atoms with E-state index in [1.807, 2.05) is 24.5 Å². The molecule has 0 amide bonds. The summed E-state index contributed by atoms with van der Waals surface area (Å²) < 4.78 is 2.18. The largest absolute Gasteiger partial charge is 0.357 e. The van der Waals surface area contributed by atoms with E-state index in [-0.39, 0.29) is 0 Å². The van der Waals surface area contributed by atoms with Crippen molar-refractivity contribution in [2.24, 2.45) is 0 Å². The normalized spacial score (nSPS) is 16.2. The van der Waals surface area contributed by atoms with Crippen LogP contribution in [0.1, 0.15) is 18.5 Å². The second kappa shape index (κ2) is 6.61. The van der Waals surface area contributed by atoms with E-state index in [9.17, 15) is 0 Å². The second-order valence-electron chi connectivity index (χ2n) is 6.50. The highest BCUT2D eigenvalue weighted by atomic mass is 15.2. The number of nitrogens with zero attached hydrogens (tertiary/aromatic N) is 5. The molecule has 4 rings (SSSR count). The molecule has 1 aliphatic rings. The van der Waals surface area contributed by atoms with Gasteiger partial charge in [-0.25, -0.2) is 9.97 Å². The standard InChI is InChI=1S/C19H23N5/c1-22(15-17-14-21-19-7-3-5-11-24(17)19)16-8-12-23(13-9-16)18-6-2-4-10-20-18/h2-7,10-11,14,16H,8-9,12-13,15H2,1H3. The molecule has 3 aromatic rings. The summed E-state index contributed by atoms with van der Waals surface area (Å²) in [5, 5.41) is 0. The summed E-state index contributed by atoms with van der Waals surface area (Å²) in [7, 11) is 2.23. The molecule has 124 valence electrons. The van der Waals surface area contributed by atoms with Gasteiger partial charge in [-0.3, -0.25) is 4.90 Å². The first-order valence-electron chi connectivity index (χ1n) is 8.58. The topological polar surface area (TPSA) is 36.7 Å². The van der Waals surface area contributed by atoms with Gasteiger partial charge in [-0.2, -0.15) is 0 Å². The van der Waals surface area contributed by atoms with Crippen molar-refractivity contribution in [2.75, 3.05) is 25.0 Å². The Kier molecular flexibility index (Phi) is 4.17. The molecule has 0 radical (unpaired) electrons. The third-order valence-corrected chi connectivity index (χ3v) is 4.97. The number of hydrogen-bond acceptors (Lipinski definition) is 4. The van der Waals surface area contributed by atoms with Crippen LogP contribution in [-0.4, -0.2) is 45.4 Å². The zero-order valence-electron chi connectivity index (χ0n) is 14.0. The Morgan fingerprint density at radius 2 is 1.92 bits per heavy atom. The number of piperidine rings is 1. The average molecular weight is 321 g/mol.